The molecule has 1 atom stereocenters. The first-order chi connectivity index (χ1) is 15.1. The second-order valence-electron chi connectivity index (χ2n) is 7.51. The lowest BCUT2D eigenvalue weighted by Crippen LogP contribution is -2.41. The number of carbonyl (C=O) groups is 1. The second kappa shape index (κ2) is 8.48. The fourth-order valence-corrected chi connectivity index (χ4v) is 7.39. The van der Waals surface area contributed by atoms with Crippen LogP contribution in [-0.2, 0) is 21.2 Å². The number of hydrogen-bond donors (Lipinski definition) is 0. The largest absolute Gasteiger partial charge is 0.379 e. The zero-order valence-electron chi connectivity index (χ0n) is 16.8. The molecule has 1 fully saturated rings. The van der Waals surface area contributed by atoms with Crippen LogP contribution in [0.15, 0.2) is 58.1 Å². The second-order valence-corrected chi connectivity index (χ2v) is 11.4. The summed E-state index contributed by atoms with van der Waals surface area (Å²) in [7, 11) is -3.66. The summed E-state index contributed by atoms with van der Waals surface area (Å²) in [5.74, 6) is -0.144. The number of morpholine rings is 1. The third-order valence-corrected chi connectivity index (χ3v) is 9.54. The van der Waals surface area contributed by atoms with Crippen molar-refractivity contribution in [1.82, 2.24) is 9.21 Å². The van der Waals surface area contributed by atoms with E-state index in [1.807, 2.05) is 16.3 Å². The molecule has 2 aliphatic rings. The number of amides is 1. The molecule has 2 aliphatic heterocycles. The maximum absolute atomic E-state index is 13.6. The minimum Gasteiger partial charge on any atom is -0.379 e. The topological polar surface area (TPSA) is 66.9 Å². The first kappa shape index (κ1) is 20.8. The lowest BCUT2D eigenvalue weighted by Gasteiger charge is -2.35. The number of nitrogens with zero attached hydrogens (tertiary/aromatic N) is 2. The molecule has 3 aromatic rings. The lowest BCUT2D eigenvalue weighted by atomic mass is 9.97. The van der Waals surface area contributed by atoms with Gasteiger partial charge in [0.25, 0.3) is 5.91 Å². The molecular formula is C22H22N2O4S3. The van der Waals surface area contributed by atoms with Gasteiger partial charge in [-0.3, -0.25) is 4.79 Å². The van der Waals surface area contributed by atoms with Crippen LogP contribution in [0, 0.1) is 0 Å². The van der Waals surface area contributed by atoms with Gasteiger partial charge in [-0.25, -0.2) is 8.42 Å². The van der Waals surface area contributed by atoms with E-state index in [9.17, 15) is 13.2 Å². The van der Waals surface area contributed by atoms with E-state index in [0.717, 1.165) is 11.3 Å². The van der Waals surface area contributed by atoms with Crippen LogP contribution in [0.4, 0.5) is 0 Å². The van der Waals surface area contributed by atoms with Gasteiger partial charge in [-0.1, -0.05) is 12.1 Å². The molecule has 9 heteroatoms. The molecule has 6 nitrogen and oxygen atoms in total. The van der Waals surface area contributed by atoms with Crippen molar-refractivity contribution in [3.8, 4) is 0 Å². The van der Waals surface area contributed by atoms with Crippen LogP contribution in [0.5, 0.6) is 0 Å². The molecule has 1 aromatic carbocycles. The van der Waals surface area contributed by atoms with Crippen molar-refractivity contribution in [2.24, 2.45) is 0 Å². The normalized spacial score (nSPS) is 19.9. The summed E-state index contributed by atoms with van der Waals surface area (Å²) in [6.45, 7) is 2.03. The predicted molar refractivity (Wildman–Crippen MR) is 121 cm³/mol. The Kier molecular flexibility index (Phi) is 5.70. The van der Waals surface area contributed by atoms with Crippen molar-refractivity contribution in [3.05, 3.63) is 74.1 Å². The maximum atomic E-state index is 13.6. The molecule has 0 aliphatic carbocycles. The number of fused-ring (bicyclic) bond motifs is 1. The number of hydrogen-bond acceptors (Lipinski definition) is 6. The van der Waals surface area contributed by atoms with Crippen molar-refractivity contribution >= 4 is 38.6 Å². The van der Waals surface area contributed by atoms with Crippen LogP contribution in [0.25, 0.3) is 0 Å². The minimum absolute atomic E-state index is 0.137. The molecule has 5 rings (SSSR count). The molecule has 1 amide bonds. The van der Waals surface area contributed by atoms with E-state index in [1.54, 1.807) is 40.9 Å². The monoisotopic (exact) mass is 474 g/mol. The smallest absolute Gasteiger partial charge is 0.254 e. The van der Waals surface area contributed by atoms with E-state index < -0.39 is 10.0 Å². The number of thiophene rings is 2. The van der Waals surface area contributed by atoms with E-state index >= 15 is 0 Å². The number of rotatable bonds is 4. The summed E-state index contributed by atoms with van der Waals surface area (Å²) >= 11 is 3.36. The highest BCUT2D eigenvalue weighted by Gasteiger charge is 2.34. The Morgan fingerprint density at radius 3 is 2.61 bits per heavy atom. The van der Waals surface area contributed by atoms with Gasteiger partial charge < -0.3 is 9.64 Å². The standard InChI is InChI=1S/C22H22N2O4S3/c25-22(16-3-1-4-17(15-16)31(26,27)23-9-11-28-12-10-23)24-8-6-19-18(7-14-30-19)21(24)20-5-2-13-29-20/h1-5,7,13-15,21H,6,8-12H2. The number of sulfonamides is 1. The molecule has 0 bridgehead atoms. The number of carbonyl (C=O) groups excluding carboxylic acids is 1. The Balaban J connectivity index is 1.48. The van der Waals surface area contributed by atoms with Gasteiger partial charge >= 0.3 is 0 Å². The quantitative estimate of drug-likeness (QED) is 0.579. The van der Waals surface area contributed by atoms with Gasteiger partial charge in [0.1, 0.15) is 0 Å². The molecular weight excluding hydrogens is 452 g/mol. The van der Waals surface area contributed by atoms with Crippen LogP contribution in [0.1, 0.15) is 31.7 Å². The van der Waals surface area contributed by atoms with Gasteiger partial charge in [-0.05, 0) is 53.1 Å². The van der Waals surface area contributed by atoms with Crippen LogP contribution in [-0.4, -0.2) is 56.4 Å². The third kappa shape index (κ3) is 3.85. The van der Waals surface area contributed by atoms with Crippen LogP contribution in [0.3, 0.4) is 0 Å². The number of ether oxygens (including phenoxy) is 1. The first-order valence-corrected chi connectivity index (χ1v) is 13.3. The molecule has 0 saturated carbocycles. The zero-order chi connectivity index (χ0) is 21.4. The van der Waals surface area contributed by atoms with E-state index in [1.165, 1.54) is 20.8 Å². The third-order valence-electron chi connectivity index (χ3n) is 5.73. The molecule has 31 heavy (non-hydrogen) atoms. The lowest BCUT2D eigenvalue weighted by molar-refractivity contribution is 0.0698. The van der Waals surface area contributed by atoms with Crippen molar-refractivity contribution in [2.75, 3.05) is 32.8 Å². The van der Waals surface area contributed by atoms with Gasteiger partial charge in [0, 0.05) is 35.0 Å². The van der Waals surface area contributed by atoms with Crippen molar-refractivity contribution in [1.29, 1.82) is 0 Å². The van der Waals surface area contributed by atoms with Gasteiger partial charge in [0.15, 0.2) is 0 Å². The fourth-order valence-electron chi connectivity index (χ4n) is 4.18. The summed E-state index contributed by atoms with van der Waals surface area (Å²) in [6, 6.07) is 12.5. The van der Waals surface area contributed by atoms with Crippen molar-refractivity contribution in [3.63, 3.8) is 0 Å². The molecule has 1 unspecified atom stereocenters. The van der Waals surface area contributed by atoms with Gasteiger partial charge in [0.05, 0.1) is 24.2 Å². The highest BCUT2D eigenvalue weighted by molar-refractivity contribution is 7.89. The maximum Gasteiger partial charge on any atom is 0.254 e. The summed E-state index contributed by atoms with van der Waals surface area (Å²) < 4.78 is 32.8. The van der Waals surface area contributed by atoms with Crippen LogP contribution in [0.2, 0.25) is 0 Å². The van der Waals surface area contributed by atoms with Gasteiger partial charge in [0.2, 0.25) is 10.0 Å². The highest BCUT2D eigenvalue weighted by atomic mass is 32.2. The Bertz CT molecular complexity index is 1180. The average Bonchev–Trinajstić information content (AvgIpc) is 3.51. The van der Waals surface area contributed by atoms with Crippen LogP contribution >= 0.6 is 22.7 Å². The summed E-state index contributed by atoms with van der Waals surface area (Å²) in [4.78, 5) is 18.1. The molecule has 2 aromatic heterocycles. The Labute approximate surface area is 189 Å². The Morgan fingerprint density at radius 1 is 1.00 bits per heavy atom. The van der Waals surface area contributed by atoms with Crippen LogP contribution < -0.4 is 0 Å². The Morgan fingerprint density at radius 2 is 1.84 bits per heavy atom. The van der Waals surface area contributed by atoms with Crippen molar-refractivity contribution in [2.45, 2.75) is 17.4 Å². The zero-order valence-corrected chi connectivity index (χ0v) is 19.2. The molecule has 1 saturated heterocycles. The molecule has 0 radical (unpaired) electrons. The SMILES string of the molecule is O=C(c1cccc(S(=O)(=O)N2CCOCC2)c1)N1CCc2sccc2C1c1cccs1. The van der Waals surface area contributed by atoms with E-state index in [0.29, 0.717) is 38.4 Å². The van der Waals surface area contributed by atoms with Gasteiger partial charge in [-0.15, -0.1) is 22.7 Å². The number of benzene rings is 1. The summed E-state index contributed by atoms with van der Waals surface area (Å²) in [5.41, 5.74) is 1.57. The first-order valence-electron chi connectivity index (χ1n) is 10.1. The highest BCUT2D eigenvalue weighted by Crippen LogP contribution is 2.40. The molecule has 0 N–H and O–H groups in total. The van der Waals surface area contributed by atoms with E-state index in [4.69, 9.17) is 4.74 Å². The van der Waals surface area contributed by atoms with Crippen molar-refractivity contribution < 1.29 is 17.9 Å². The van der Waals surface area contributed by atoms with E-state index in [-0.39, 0.29) is 16.8 Å². The Hall–Kier alpha value is -2.04. The predicted octanol–water partition coefficient (Wildman–Crippen LogP) is 3.62. The summed E-state index contributed by atoms with van der Waals surface area (Å²) in [5, 5.41) is 4.10. The van der Waals surface area contributed by atoms with E-state index in [2.05, 4.69) is 17.5 Å². The molecule has 4 heterocycles. The average molecular weight is 475 g/mol. The molecule has 0 spiro atoms. The summed E-state index contributed by atoms with van der Waals surface area (Å²) in [6.07, 6.45) is 0.812. The molecule has 162 valence electrons. The minimum atomic E-state index is -3.66. The fraction of sp³-hybridized carbons (Fsp3) is 0.318. The van der Waals surface area contributed by atoms with Gasteiger partial charge in [-0.2, -0.15) is 4.31 Å².